The van der Waals surface area contributed by atoms with E-state index in [0.717, 1.165) is 11.1 Å². The van der Waals surface area contributed by atoms with Gasteiger partial charge in [-0.05, 0) is 38.8 Å². The molecule has 2 unspecified atom stereocenters. The summed E-state index contributed by atoms with van der Waals surface area (Å²) in [4.78, 5) is 0. The van der Waals surface area contributed by atoms with Crippen molar-refractivity contribution >= 4 is 8.07 Å². The molecule has 0 aliphatic heterocycles. The molecule has 2 aliphatic carbocycles. The summed E-state index contributed by atoms with van der Waals surface area (Å²) in [7, 11) is -1.34. The molecule has 0 nitrogen and oxygen atoms in total. The van der Waals surface area contributed by atoms with Crippen molar-refractivity contribution in [3.63, 3.8) is 0 Å². The van der Waals surface area contributed by atoms with E-state index in [9.17, 15) is 0 Å². The van der Waals surface area contributed by atoms with Gasteiger partial charge >= 0.3 is 0 Å². The van der Waals surface area contributed by atoms with Gasteiger partial charge in [-0.2, -0.15) is 0 Å². The van der Waals surface area contributed by atoms with E-state index >= 15 is 0 Å². The van der Waals surface area contributed by atoms with Crippen LogP contribution in [0, 0.1) is 0 Å². The van der Waals surface area contributed by atoms with E-state index in [1.165, 1.54) is 11.1 Å². The standard InChI is InChI=1S/C16H24Si/c1-11-7-13(3)15(9-11)17(5,6)16-10-12(2)8-14(16)4/h7-10,15-16H,1-6H3. The minimum atomic E-state index is -1.34. The predicted octanol–water partition coefficient (Wildman–Crippen LogP) is 5.25. The van der Waals surface area contributed by atoms with Crippen molar-refractivity contribution in [2.24, 2.45) is 0 Å². The van der Waals surface area contributed by atoms with Gasteiger partial charge in [0.25, 0.3) is 0 Å². The first-order chi connectivity index (χ1) is 7.82. The Hall–Kier alpha value is -0.823. The fraction of sp³-hybridized carbons (Fsp3) is 0.500. The SMILES string of the molecule is CC1=CC([Si](C)(C)C2C=C(C)C=C2C)C(C)=C1. The molecule has 0 heterocycles. The van der Waals surface area contributed by atoms with Crippen LogP contribution in [0.3, 0.4) is 0 Å². The van der Waals surface area contributed by atoms with Gasteiger partial charge in [0.1, 0.15) is 0 Å². The van der Waals surface area contributed by atoms with Crippen LogP contribution in [0.25, 0.3) is 0 Å². The van der Waals surface area contributed by atoms with Gasteiger partial charge < -0.3 is 0 Å². The summed E-state index contributed by atoms with van der Waals surface area (Å²) in [6.45, 7) is 14.1. The zero-order valence-corrected chi connectivity index (χ0v) is 13.0. The van der Waals surface area contributed by atoms with Crippen molar-refractivity contribution in [3.05, 3.63) is 46.6 Å². The first kappa shape index (κ1) is 12.6. The highest BCUT2D eigenvalue weighted by atomic mass is 28.3. The second kappa shape index (κ2) is 4.13. The van der Waals surface area contributed by atoms with Crippen LogP contribution < -0.4 is 0 Å². The van der Waals surface area contributed by atoms with E-state index in [1.54, 1.807) is 11.1 Å². The van der Waals surface area contributed by atoms with E-state index in [0.29, 0.717) is 0 Å². The summed E-state index contributed by atoms with van der Waals surface area (Å²) in [6.07, 6.45) is 9.72. The predicted molar refractivity (Wildman–Crippen MR) is 80.0 cm³/mol. The smallest absolute Gasteiger partial charge is 0.0706 e. The van der Waals surface area contributed by atoms with E-state index in [-0.39, 0.29) is 0 Å². The average Bonchev–Trinajstić information content (AvgIpc) is 2.70. The fourth-order valence-corrected chi connectivity index (χ4v) is 7.86. The Labute approximate surface area is 107 Å². The molecule has 0 aromatic heterocycles. The highest BCUT2D eigenvalue weighted by Gasteiger charge is 2.41. The molecule has 0 saturated carbocycles. The first-order valence-electron chi connectivity index (χ1n) is 6.55. The zero-order valence-electron chi connectivity index (χ0n) is 12.0. The second-order valence-electron chi connectivity index (χ2n) is 6.37. The summed E-state index contributed by atoms with van der Waals surface area (Å²) < 4.78 is 0. The van der Waals surface area contributed by atoms with Gasteiger partial charge in [0.2, 0.25) is 0 Å². The van der Waals surface area contributed by atoms with Crippen LogP contribution in [0.1, 0.15) is 27.7 Å². The molecule has 92 valence electrons. The Bertz CT molecular complexity index is 416. The van der Waals surface area contributed by atoms with E-state index in [4.69, 9.17) is 0 Å². The maximum atomic E-state index is 2.54. The summed E-state index contributed by atoms with van der Waals surface area (Å²) in [6, 6.07) is 0. The summed E-state index contributed by atoms with van der Waals surface area (Å²) in [5.41, 5.74) is 7.49. The van der Waals surface area contributed by atoms with Crippen molar-refractivity contribution in [3.8, 4) is 0 Å². The molecule has 0 N–H and O–H groups in total. The fourth-order valence-electron chi connectivity index (χ4n) is 3.58. The molecule has 2 rings (SSSR count). The number of hydrogen-bond donors (Lipinski definition) is 0. The Morgan fingerprint density at radius 1 is 0.765 bits per heavy atom. The van der Waals surface area contributed by atoms with E-state index in [1.807, 2.05) is 0 Å². The van der Waals surface area contributed by atoms with Crippen LogP contribution in [0.4, 0.5) is 0 Å². The maximum Gasteiger partial charge on any atom is 0.0706 e. The quantitative estimate of drug-likeness (QED) is 0.582. The Morgan fingerprint density at radius 2 is 1.12 bits per heavy atom. The van der Waals surface area contributed by atoms with Crippen LogP contribution in [0.2, 0.25) is 24.2 Å². The van der Waals surface area contributed by atoms with Gasteiger partial charge in [-0.1, -0.05) is 59.7 Å². The summed E-state index contributed by atoms with van der Waals surface area (Å²) >= 11 is 0. The van der Waals surface area contributed by atoms with Gasteiger partial charge in [-0.15, -0.1) is 0 Å². The minimum Gasteiger partial charge on any atom is -0.0771 e. The number of rotatable bonds is 2. The molecule has 0 amide bonds. The Kier molecular flexibility index (Phi) is 3.07. The molecule has 0 saturated heterocycles. The van der Waals surface area contributed by atoms with Crippen LogP contribution in [-0.2, 0) is 0 Å². The highest BCUT2D eigenvalue weighted by Crippen LogP contribution is 2.48. The lowest BCUT2D eigenvalue weighted by Crippen LogP contribution is -2.36. The second-order valence-corrected chi connectivity index (χ2v) is 11.3. The first-order valence-corrected chi connectivity index (χ1v) is 9.71. The van der Waals surface area contributed by atoms with Gasteiger partial charge in [0.15, 0.2) is 0 Å². The lowest BCUT2D eigenvalue weighted by atomic mass is 10.2. The molecule has 0 radical (unpaired) electrons. The van der Waals surface area contributed by atoms with Gasteiger partial charge in [0, 0.05) is 0 Å². The van der Waals surface area contributed by atoms with Crippen molar-refractivity contribution in [1.29, 1.82) is 0 Å². The molecule has 0 aromatic rings. The molecular formula is C16H24Si. The van der Waals surface area contributed by atoms with Gasteiger partial charge in [0.05, 0.1) is 8.07 Å². The van der Waals surface area contributed by atoms with Crippen LogP contribution in [0.5, 0.6) is 0 Å². The molecule has 0 fully saturated rings. The van der Waals surface area contributed by atoms with Crippen LogP contribution >= 0.6 is 0 Å². The Morgan fingerprint density at radius 3 is 1.35 bits per heavy atom. The van der Waals surface area contributed by atoms with Gasteiger partial charge in [-0.3, -0.25) is 0 Å². The third-order valence-electron chi connectivity index (χ3n) is 4.35. The third-order valence-corrected chi connectivity index (χ3v) is 8.80. The topological polar surface area (TPSA) is 0 Å². The van der Waals surface area contributed by atoms with Gasteiger partial charge in [-0.25, -0.2) is 0 Å². The molecular weight excluding hydrogens is 220 g/mol. The van der Waals surface area contributed by atoms with Crippen molar-refractivity contribution in [1.82, 2.24) is 0 Å². The average molecular weight is 244 g/mol. The van der Waals surface area contributed by atoms with E-state index < -0.39 is 8.07 Å². The number of hydrogen-bond acceptors (Lipinski definition) is 0. The van der Waals surface area contributed by atoms with Crippen molar-refractivity contribution in [2.75, 3.05) is 0 Å². The molecule has 17 heavy (non-hydrogen) atoms. The molecule has 0 spiro atoms. The molecule has 2 atom stereocenters. The van der Waals surface area contributed by atoms with Crippen LogP contribution in [0.15, 0.2) is 46.6 Å². The monoisotopic (exact) mass is 244 g/mol. The largest absolute Gasteiger partial charge is 0.0771 e. The summed E-state index contributed by atoms with van der Waals surface area (Å²) in [5.74, 6) is 0. The maximum absolute atomic E-state index is 2.54. The molecule has 0 bridgehead atoms. The lowest BCUT2D eigenvalue weighted by molar-refractivity contribution is 1.06. The van der Waals surface area contributed by atoms with Crippen molar-refractivity contribution < 1.29 is 0 Å². The van der Waals surface area contributed by atoms with Crippen molar-refractivity contribution in [2.45, 2.75) is 51.9 Å². The minimum absolute atomic E-state index is 0.720. The molecule has 1 heteroatoms. The third kappa shape index (κ3) is 2.13. The van der Waals surface area contributed by atoms with E-state index in [2.05, 4.69) is 65.1 Å². The zero-order chi connectivity index (χ0) is 12.8. The normalized spacial score (nSPS) is 28.8. The summed E-state index contributed by atoms with van der Waals surface area (Å²) in [5, 5.41) is 0. The molecule has 2 aliphatic rings. The molecule has 0 aromatic carbocycles. The van der Waals surface area contributed by atoms with Crippen LogP contribution in [-0.4, -0.2) is 8.07 Å². The highest BCUT2D eigenvalue weighted by molar-refractivity contribution is 6.82. The lowest BCUT2D eigenvalue weighted by Gasteiger charge is -2.35. The number of allylic oxidation sites excluding steroid dienone is 8. The Balaban J connectivity index is 2.33.